The molecule has 2 rings (SSSR count). The highest BCUT2D eigenvalue weighted by Crippen LogP contribution is 2.38. The van der Waals surface area contributed by atoms with E-state index in [9.17, 15) is 8.42 Å². The fourth-order valence-electron chi connectivity index (χ4n) is 3.69. The lowest BCUT2D eigenvalue weighted by atomic mass is 9.76. The van der Waals surface area contributed by atoms with Crippen LogP contribution < -0.4 is 18.9 Å². The lowest BCUT2D eigenvalue weighted by molar-refractivity contribution is 0.296. The van der Waals surface area contributed by atoms with Gasteiger partial charge in [-0.25, -0.2) is 13.1 Å². The minimum atomic E-state index is -3.72. The number of methoxy groups -OCH3 is 2. The van der Waals surface area contributed by atoms with Gasteiger partial charge in [0, 0.05) is 18.2 Å². The predicted octanol–water partition coefficient (Wildman–Crippen LogP) is 6.22. The molecule has 35 heavy (non-hydrogen) atoms. The van der Waals surface area contributed by atoms with Crippen LogP contribution in [-0.4, -0.2) is 35.8 Å². The Hall–Kier alpha value is -2.25. The minimum absolute atomic E-state index is 0.000590. The third kappa shape index (κ3) is 7.37. The zero-order valence-corrected chi connectivity index (χ0v) is 23.5. The molecule has 196 valence electrons. The normalized spacial score (nSPS) is 12.5. The third-order valence-corrected chi connectivity index (χ3v) is 8.52. The van der Waals surface area contributed by atoms with Gasteiger partial charge < -0.3 is 14.2 Å². The molecule has 0 fully saturated rings. The highest BCUT2D eigenvalue weighted by molar-refractivity contribution is 7.89. The van der Waals surface area contributed by atoms with E-state index in [1.165, 1.54) is 31.4 Å². The van der Waals surface area contributed by atoms with Crippen molar-refractivity contribution in [3.8, 4) is 17.2 Å². The summed E-state index contributed by atoms with van der Waals surface area (Å²) >= 11 is 0. The van der Waals surface area contributed by atoms with E-state index >= 15 is 0 Å². The van der Waals surface area contributed by atoms with Crippen LogP contribution in [0.1, 0.15) is 78.4 Å². The van der Waals surface area contributed by atoms with Crippen LogP contribution in [0.4, 0.5) is 0 Å². The maximum Gasteiger partial charge on any atom is 0.244 e. The largest absolute Gasteiger partial charge is 0.497 e. The summed E-state index contributed by atoms with van der Waals surface area (Å²) in [5.74, 6) is 1.65. The lowest BCUT2D eigenvalue weighted by Crippen LogP contribution is -2.25. The van der Waals surface area contributed by atoms with Crippen LogP contribution in [0.15, 0.2) is 41.3 Å². The zero-order chi connectivity index (χ0) is 26.3. The SMILES string of the molecule is CCC(C)(C)c1ccc(OCCCCNS(=O)(=O)c2cc(OC)ccc2OC)c(C(C)(C)CC)c1. The van der Waals surface area contributed by atoms with Gasteiger partial charge in [-0.3, -0.25) is 0 Å². The van der Waals surface area contributed by atoms with Gasteiger partial charge in [-0.1, -0.05) is 53.7 Å². The second kappa shape index (κ2) is 12.1. The average molecular weight is 506 g/mol. The monoisotopic (exact) mass is 505 g/mol. The van der Waals surface area contributed by atoms with Crippen LogP contribution in [0.25, 0.3) is 0 Å². The molecule has 0 radical (unpaired) electrons. The first-order valence-electron chi connectivity index (χ1n) is 12.4. The number of rotatable bonds is 14. The number of hydrogen-bond donors (Lipinski definition) is 1. The van der Waals surface area contributed by atoms with Gasteiger partial charge in [0.15, 0.2) is 0 Å². The summed E-state index contributed by atoms with van der Waals surface area (Å²) in [5, 5.41) is 0. The molecule has 7 heteroatoms. The average Bonchev–Trinajstić information content (AvgIpc) is 2.85. The van der Waals surface area contributed by atoms with Crippen molar-refractivity contribution in [3.05, 3.63) is 47.5 Å². The van der Waals surface area contributed by atoms with Crippen LogP contribution in [0, 0.1) is 0 Å². The van der Waals surface area contributed by atoms with Gasteiger partial charge in [0.1, 0.15) is 22.1 Å². The smallest absolute Gasteiger partial charge is 0.244 e. The van der Waals surface area contributed by atoms with E-state index in [0.717, 1.165) is 25.0 Å². The van der Waals surface area contributed by atoms with E-state index in [4.69, 9.17) is 14.2 Å². The number of unbranched alkanes of at least 4 members (excludes halogenated alkanes) is 1. The van der Waals surface area contributed by atoms with Crippen LogP contribution in [-0.2, 0) is 20.9 Å². The number of nitrogens with one attached hydrogen (secondary N) is 1. The Morgan fingerprint density at radius 1 is 0.829 bits per heavy atom. The first-order chi connectivity index (χ1) is 16.4. The molecule has 0 aliphatic heterocycles. The molecule has 0 unspecified atom stereocenters. The highest BCUT2D eigenvalue weighted by Gasteiger charge is 2.26. The second-order valence-corrected chi connectivity index (χ2v) is 11.9. The molecule has 0 spiro atoms. The molecule has 0 saturated carbocycles. The van der Waals surface area contributed by atoms with E-state index in [2.05, 4.69) is 64.5 Å². The van der Waals surface area contributed by atoms with Crippen molar-refractivity contribution in [1.29, 1.82) is 0 Å². The lowest BCUT2D eigenvalue weighted by Gasteiger charge is -2.30. The summed E-state index contributed by atoms with van der Waals surface area (Å²) in [6.45, 7) is 14.3. The van der Waals surface area contributed by atoms with Crippen molar-refractivity contribution in [2.75, 3.05) is 27.4 Å². The molecule has 2 aromatic rings. The van der Waals surface area contributed by atoms with Crippen LogP contribution >= 0.6 is 0 Å². The highest BCUT2D eigenvalue weighted by atomic mass is 32.2. The standard InChI is InChI=1S/C28H43NO5S/c1-9-27(3,4)21-13-15-24(23(19-21)28(5,6)10-2)34-18-12-11-17-29-35(30,31)26-20-22(32-7)14-16-25(26)33-8/h13-16,19-20,29H,9-12,17-18H2,1-8H3. The fraction of sp³-hybridized carbons (Fsp3) is 0.571. The van der Waals surface area contributed by atoms with Gasteiger partial charge in [-0.15, -0.1) is 0 Å². The molecular weight excluding hydrogens is 462 g/mol. The van der Waals surface area contributed by atoms with Gasteiger partial charge in [-0.2, -0.15) is 0 Å². The van der Waals surface area contributed by atoms with E-state index in [0.29, 0.717) is 25.3 Å². The van der Waals surface area contributed by atoms with Crippen LogP contribution in [0.2, 0.25) is 0 Å². The molecule has 6 nitrogen and oxygen atoms in total. The summed E-state index contributed by atoms with van der Waals surface area (Å²) in [6.07, 6.45) is 3.45. The third-order valence-electron chi connectivity index (χ3n) is 7.04. The van der Waals surface area contributed by atoms with Gasteiger partial charge in [0.2, 0.25) is 10.0 Å². The molecule has 0 aliphatic carbocycles. The van der Waals surface area contributed by atoms with Crippen LogP contribution in [0.5, 0.6) is 17.2 Å². The van der Waals surface area contributed by atoms with Gasteiger partial charge >= 0.3 is 0 Å². The zero-order valence-electron chi connectivity index (χ0n) is 22.7. The topological polar surface area (TPSA) is 73.9 Å². The van der Waals surface area contributed by atoms with Gasteiger partial charge in [-0.05, 0) is 60.3 Å². The molecule has 1 N–H and O–H groups in total. The van der Waals surface area contributed by atoms with Gasteiger partial charge in [0.25, 0.3) is 0 Å². The van der Waals surface area contributed by atoms with Crippen molar-refractivity contribution in [2.45, 2.75) is 83.0 Å². The van der Waals surface area contributed by atoms with Gasteiger partial charge in [0.05, 0.1) is 20.8 Å². The van der Waals surface area contributed by atoms with Crippen molar-refractivity contribution in [1.82, 2.24) is 4.72 Å². The summed E-state index contributed by atoms with van der Waals surface area (Å²) in [7, 11) is -0.778. The van der Waals surface area contributed by atoms with Crippen molar-refractivity contribution < 1.29 is 22.6 Å². The number of ether oxygens (including phenoxy) is 3. The summed E-state index contributed by atoms with van der Waals surface area (Å²) in [5.41, 5.74) is 2.66. The Bertz CT molecular complexity index is 1080. The first-order valence-corrected chi connectivity index (χ1v) is 13.9. The Kier molecular flexibility index (Phi) is 10.0. The number of sulfonamides is 1. The fourth-order valence-corrected chi connectivity index (χ4v) is 4.94. The summed E-state index contributed by atoms with van der Waals surface area (Å²) < 4.78 is 44.8. The minimum Gasteiger partial charge on any atom is -0.497 e. The quantitative estimate of drug-likeness (QED) is 0.309. The summed E-state index contributed by atoms with van der Waals surface area (Å²) in [4.78, 5) is 0.0668. The number of benzene rings is 2. The molecule has 0 aliphatic rings. The van der Waals surface area contributed by atoms with E-state index < -0.39 is 10.0 Å². The Morgan fingerprint density at radius 2 is 1.49 bits per heavy atom. The molecule has 2 aromatic carbocycles. The summed E-state index contributed by atoms with van der Waals surface area (Å²) in [6, 6.07) is 11.3. The molecule has 0 amide bonds. The second-order valence-electron chi connectivity index (χ2n) is 10.2. The maximum atomic E-state index is 12.8. The Morgan fingerprint density at radius 3 is 2.09 bits per heavy atom. The van der Waals surface area contributed by atoms with Crippen molar-refractivity contribution in [3.63, 3.8) is 0 Å². The van der Waals surface area contributed by atoms with Crippen molar-refractivity contribution in [2.24, 2.45) is 0 Å². The van der Waals surface area contributed by atoms with E-state index in [1.807, 2.05) is 0 Å². The van der Waals surface area contributed by atoms with Crippen molar-refractivity contribution >= 4 is 10.0 Å². The molecular formula is C28H43NO5S. The number of hydrogen-bond acceptors (Lipinski definition) is 5. The predicted molar refractivity (Wildman–Crippen MR) is 143 cm³/mol. The van der Waals surface area contributed by atoms with E-state index in [1.54, 1.807) is 12.1 Å². The molecule has 0 saturated heterocycles. The first kappa shape index (κ1) is 29.0. The molecule has 0 heterocycles. The Balaban J connectivity index is 2.00. The Labute approximate surface area is 212 Å². The van der Waals surface area contributed by atoms with Crippen LogP contribution in [0.3, 0.4) is 0 Å². The molecule has 0 bridgehead atoms. The molecule has 0 aromatic heterocycles. The maximum absolute atomic E-state index is 12.8. The molecule has 0 atom stereocenters. The van der Waals surface area contributed by atoms with E-state index in [-0.39, 0.29) is 21.5 Å².